The number of ether oxygens (including phenoxy) is 2. The predicted octanol–water partition coefficient (Wildman–Crippen LogP) is 4.13. The van der Waals surface area contributed by atoms with Gasteiger partial charge in [-0.15, -0.1) is 0 Å². The zero-order valence-electron chi connectivity index (χ0n) is 19.4. The largest absolute Gasteiger partial charge is 0.485 e. The van der Waals surface area contributed by atoms with Gasteiger partial charge in [-0.25, -0.2) is 4.39 Å². The van der Waals surface area contributed by atoms with Crippen molar-refractivity contribution in [1.29, 1.82) is 0 Å². The molecule has 1 aliphatic heterocycles. The van der Waals surface area contributed by atoms with Crippen molar-refractivity contribution in [3.63, 3.8) is 0 Å². The highest BCUT2D eigenvalue weighted by molar-refractivity contribution is 6.02. The number of halogens is 1. The maximum atomic E-state index is 13.4. The lowest BCUT2D eigenvalue weighted by atomic mass is 10.1. The number of fused-ring (bicyclic) bond motifs is 1. The second kappa shape index (κ2) is 10.4. The Morgan fingerprint density at radius 1 is 1.03 bits per heavy atom. The molecule has 0 spiro atoms. The van der Waals surface area contributed by atoms with Crippen LogP contribution < -0.4 is 19.7 Å². The Balaban J connectivity index is 1.28. The lowest BCUT2D eigenvalue weighted by Gasteiger charge is -2.29. The molecule has 0 saturated carbocycles. The van der Waals surface area contributed by atoms with Crippen molar-refractivity contribution in [2.24, 2.45) is 0 Å². The van der Waals surface area contributed by atoms with Crippen LogP contribution in [0.4, 0.5) is 10.1 Å². The lowest BCUT2D eigenvalue weighted by molar-refractivity contribution is -0.121. The van der Waals surface area contributed by atoms with Crippen LogP contribution in [0.3, 0.4) is 0 Å². The van der Waals surface area contributed by atoms with Crippen LogP contribution in [0.1, 0.15) is 32.4 Å². The van der Waals surface area contributed by atoms with E-state index < -0.39 is 11.7 Å². The zero-order valence-corrected chi connectivity index (χ0v) is 19.4. The summed E-state index contributed by atoms with van der Waals surface area (Å²) in [6, 6.07) is 16.8. The molecule has 0 saturated heterocycles. The Kier molecular flexibility index (Phi) is 6.71. The fourth-order valence-electron chi connectivity index (χ4n) is 3.75. The monoisotopic (exact) mass is 504 g/mol. The fourth-order valence-corrected chi connectivity index (χ4v) is 3.75. The molecule has 0 aliphatic carbocycles. The van der Waals surface area contributed by atoms with Gasteiger partial charge in [0.15, 0.2) is 24.8 Å². The second-order valence-corrected chi connectivity index (χ2v) is 8.15. The zero-order chi connectivity index (χ0) is 25.8. The minimum Gasteiger partial charge on any atom is -0.485 e. The van der Waals surface area contributed by atoms with Crippen molar-refractivity contribution in [2.45, 2.75) is 13.1 Å². The number of hydrogen-bond acceptors (Lipinski definition) is 7. The van der Waals surface area contributed by atoms with E-state index in [-0.39, 0.29) is 55.1 Å². The van der Waals surface area contributed by atoms with Gasteiger partial charge in [-0.2, -0.15) is 0 Å². The van der Waals surface area contributed by atoms with E-state index in [1.807, 2.05) is 0 Å². The van der Waals surface area contributed by atoms with Gasteiger partial charge in [0, 0.05) is 11.6 Å². The molecular formula is C27H21FN2O7. The maximum absolute atomic E-state index is 13.4. The molecule has 10 heteroatoms. The Morgan fingerprint density at radius 3 is 2.73 bits per heavy atom. The van der Waals surface area contributed by atoms with Crippen LogP contribution in [0.25, 0.3) is 0 Å². The minimum atomic E-state index is -0.471. The average molecular weight is 504 g/mol. The quantitative estimate of drug-likeness (QED) is 0.341. The Bertz CT molecular complexity index is 1440. The molecule has 9 nitrogen and oxygen atoms in total. The first kappa shape index (κ1) is 23.9. The van der Waals surface area contributed by atoms with Gasteiger partial charge < -0.3 is 23.6 Å². The Labute approximate surface area is 210 Å². The van der Waals surface area contributed by atoms with E-state index in [0.717, 1.165) is 0 Å². The van der Waals surface area contributed by atoms with Crippen LogP contribution in [0, 0.1) is 5.82 Å². The van der Waals surface area contributed by atoms with E-state index in [2.05, 4.69) is 5.32 Å². The molecule has 4 aromatic rings. The molecular weight excluding hydrogens is 483 g/mol. The number of hydrogen-bond donors (Lipinski definition) is 1. The molecule has 0 atom stereocenters. The number of carbonyl (C=O) groups excluding carboxylic acids is 3. The first-order chi connectivity index (χ1) is 18.0. The number of rotatable bonds is 9. The van der Waals surface area contributed by atoms with E-state index in [1.165, 1.54) is 41.5 Å². The Morgan fingerprint density at radius 2 is 1.92 bits per heavy atom. The smallest absolute Gasteiger partial charge is 0.287 e. The second-order valence-electron chi connectivity index (χ2n) is 8.15. The van der Waals surface area contributed by atoms with Gasteiger partial charge in [0.1, 0.15) is 28.8 Å². The van der Waals surface area contributed by atoms with Crippen molar-refractivity contribution in [1.82, 2.24) is 5.32 Å². The number of anilines is 1. The predicted molar refractivity (Wildman–Crippen MR) is 128 cm³/mol. The summed E-state index contributed by atoms with van der Waals surface area (Å²) in [5.41, 5.74) is 0.670. The van der Waals surface area contributed by atoms with Gasteiger partial charge in [-0.05, 0) is 54.6 Å². The molecule has 2 aromatic heterocycles. The first-order valence-electron chi connectivity index (χ1n) is 11.3. The van der Waals surface area contributed by atoms with Crippen LogP contribution in [-0.2, 0) is 17.9 Å². The lowest BCUT2D eigenvalue weighted by Crippen LogP contribution is -2.38. The average Bonchev–Trinajstić information content (AvgIpc) is 3.60. The molecule has 5 rings (SSSR count). The maximum Gasteiger partial charge on any atom is 0.287 e. The third-order valence-electron chi connectivity index (χ3n) is 5.59. The van der Waals surface area contributed by atoms with Gasteiger partial charge in [-0.3, -0.25) is 19.3 Å². The van der Waals surface area contributed by atoms with Gasteiger partial charge in [0.25, 0.3) is 11.8 Å². The first-order valence-corrected chi connectivity index (χ1v) is 11.3. The minimum absolute atomic E-state index is 0.0259. The molecule has 0 radical (unpaired) electrons. The SMILES string of the molecule is O=C(COc1cccc(F)c1)c1ccc2c(c1)N(Cc1ccc(C(=O)NCc3ccco3)o1)C(=O)CO2. The van der Waals surface area contributed by atoms with E-state index in [0.29, 0.717) is 23.0 Å². The molecule has 0 fully saturated rings. The molecule has 1 aliphatic rings. The molecule has 0 unspecified atom stereocenters. The van der Waals surface area contributed by atoms with Gasteiger partial charge >= 0.3 is 0 Å². The van der Waals surface area contributed by atoms with Gasteiger partial charge in [0.2, 0.25) is 0 Å². The number of amides is 2. The van der Waals surface area contributed by atoms with Crippen molar-refractivity contribution in [3.05, 3.63) is 102 Å². The highest BCUT2D eigenvalue weighted by atomic mass is 19.1. The number of Topliss-reactive ketones (excluding diaryl/α,β-unsaturated/α-hetero) is 1. The van der Waals surface area contributed by atoms with E-state index >= 15 is 0 Å². The van der Waals surface area contributed by atoms with Crippen LogP contribution in [0.2, 0.25) is 0 Å². The van der Waals surface area contributed by atoms with Crippen LogP contribution in [-0.4, -0.2) is 30.8 Å². The highest BCUT2D eigenvalue weighted by Gasteiger charge is 2.28. The molecule has 1 N–H and O–H groups in total. The normalized spacial score (nSPS) is 12.6. The molecule has 0 bridgehead atoms. The number of nitrogens with one attached hydrogen (secondary N) is 1. The summed E-state index contributed by atoms with van der Waals surface area (Å²) in [5.74, 6) is 0.104. The van der Waals surface area contributed by atoms with Crippen molar-refractivity contribution >= 4 is 23.3 Å². The number of benzene rings is 2. The summed E-state index contributed by atoms with van der Waals surface area (Å²) in [4.78, 5) is 39.2. The summed E-state index contributed by atoms with van der Waals surface area (Å²) in [6.07, 6.45) is 1.51. The summed E-state index contributed by atoms with van der Waals surface area (Å²) < 4.78 is 35.1. The highest BCUT2D eigenvalue weighted by Crippen LogP contribution is 2.34. The molecule has 2 amide bonds. The van der Waals surface area contributed by atoms with Crippen LogP contribution in [0.5, 0.6) is 11.5 Å². The van der Waals surface area contributed by atoms with Crippen LogP contribution in [0.15, 0.2) is 81.8 Å². The van der Waals surface area contributed by atoms with E-state index in [1.54, 1.807) is 36.4 Å². The summed E-state index contributed by atoms with van der Waals surface area (Å²) in [5, 5.41) is 2.69. The number of carbonyl (C=O) groups is 3. The van der Waals surface area contributed by atoms with Crippen molar-refractivity contribution < 1.29 is 37.1 Å². The standard InChI is InChI=1S/C27H21FN2O7/c28-18-3-1-4-19(12-18)35-15-23(31)17-6-8-24-22(11-17)30(26(32)16-36-24)14-21-7-9-25(37-21)27(33)29-13-20-5-2-10-34-20/h1-12H,13-16H2,(H,29,33). The van der Waals surface area contributed by atoms with Crippen molar-refractivity contribution in [2.75, 3.05) is 18.1 Å². The third kappa shape index (κ3) is 5.53. The molecule has 2 aromatic carbocycles. The van der Waals surface area contributed by atoms with Gasteiger partial charge in [-0.1, -0.05) is 6.07 Å². The van der Waals surface area contributed by atoms with Crippen molar-refractivity contribution in [3.8, 4) is 11.5 Å². The van der Waals surface area contributed by atoms with Crippen LogP contribution >= 0.6 is 0 Å². The number of ketones is 1. The van der Waals surface area contributed by atoms with E-state index in [4.69, 9.17) is 18.3 Å². The van der Waals surface area contributed by atoms with E-state index in [9.17, 15) is 18.8 Å². The summed E-state index contributed by atoms with van der Waals surface area (Å²) >= 11 is 0. The molecule has 3 heterocycles. The fraction of sp³-hybridized carbons (Fsp3) is 0.148. The topological polar surface area (TPSA) is 111 Å². The Hall–Kier alpha value is -4.86. The molecule has 188 valence electrons. The summed E-state index contributed by atoms with van der Waals surface area (Å²) in [7, 11) is 0. The number of furan rings is 2. The summed E-state index contributed by atoms with van der Waals surface area (Å²) in [6.45, 7) is -0.263. The molecule has 37 heavy (non-hydrogen) atoms. The van der Waals surface area contributed by atoms with Gasteiger partial charge in [0.05, 0.1) is 25.0 Å². The third-order valence-corrected chi connectivity index (χ3v) is 5.59. The number of nitrogens with zero attached hydrogens (tertiary/aromatic N) is 1.